The highest BCUT2D eigenvalue weighted by Crippen LogP contribution is 2.29. The number of fused-ring (bicyclic) bond motifs is 1. The molecule has 6 heteroatoms. The van der Waals surface area contributed by atoms with E-state index in [0.29, 0.717) is 17.9 Å². The highest BCUT2D eigenvalue weighted by molar-refractivity contribution is 5.99. The van der Waals surface area contributed by atoms with Gasteiger partial charge in [-0.1, -0.05) is 63.2 Å². The Hall–Kier alpha value is -4.06. The number of benzene rings is 3. The zero-order valence-corrected chi connectivity index (χ0v) is 25.5. The van der Waals surface area contributed by atoms with E-state index in [0.717, 1.165) is 34.1 Å². The maximum Gasteiger partial charge on any atom is 0.347 e. The van der Waals surface area contributed by atoms with Crippen LogP contribution in [0.5, 0.6) is 5.75 Å². The van der Waals surface area contributed by atoms with Crippen molar-refractivity contribution >= 4 is 22.8 Å². The largest absolute Gasteiger partial charge is 0.479 e. The first-order chi connectivity index (χ1) is 19.4. The molecule has 0 saturated heterocycles. The zero-order chi connectivity index (χ0) is 29.9. The molecule has 1 unspecified atom stereocenters. The number of aromatic nitrogens is 1. The van der Waals surface area contributed by atoms with Crippen LogP contribution in [0, 0.1) is 6.92 Å². The Morgan fingerprint density at radius 1 is 0.951 bits per heavy atom. The molecule has 0 aliphatic rings. The summed E-state index contributed by atoms with van der Waals surface area (Å²) in [6.07, 6.45) is 0.0776. The topological polar surface area (TPSA) is 69.6 Å². The molecular weight excluding hydrogens is 512 g/mol. The zero-order valence-electron chi connectivity index (χ0n) is 25.5. The predicted molar refractivity (Wildman–Crippen MR) is 165 cm³/mol. The van der Waals surface area contributed by atoms with Crippen molar-refractivity contribution in [1.29, 1.82) is 0 Å². The molecule has 6 nitrogen and oxygen atoms in total. The minimum Gasteiger partial charge on any atom is -0.479 e. The lowest BCUT2D eigenvalue weighted by molar-refractivity contribution is -0.150. The number of hydrogen-bond donors (Lipinski definition) is 1. The van der Waals surface area contributed by atoms with Crippen LogP contribution < -0.4 is 10.1 Å². The maximum absolute atomic E-state index is 13.2. The fourth-order valence-electron chi connectivity index (χ4n) is 5.04. The molecule has 0 bridgehead atoms. The second-order valence-electron chi connectivity index (χ2n) is 11.8. The summed E-state index contributed by atoms with van der Waals surface area (Å²) in [5.41, 5.74) is 7.61. The molecule has 0 fully saturated rings. The fourth-order valence-corrected chi connectivity index (χ4v) is 5.04. The summed E-state index contributed by atoms with van der Waals surface area (Å²) in [7, 11) is 2.04. The van der Waals surface area contributed by atoms with Gasteiger partial charge in [0.25, 0.3) is 5.91 Å². The van der Waals surface area contributed by atoms with Gasteiger partial charge in [0.05, 0.1) is 12.6 Å². The van der Waals surface area contributed by atoms with E-state index in [9.17, 15) is 9.59 Å². The van der Waals surface area contributed by atoms with Crippen molar-refractivity contribution in [1.82, 2.24) is 9.88 Å². The van der Waals surface area contributed by atoms with Crippen molar-refractivity contribution in [2.24, 2.45) is 7.05 Å². The SMILES string of the molecule is CCOC(=O)C(C)Oc1ccc(Cc2c(C)n(C)c3cc(C(=O)N[C@@H](C)c4ccc(C(C)(C)C)cc4)ccc23)cc1. The molecule has 1 amide bonds. The third-order valence-electron chi connectivity index (χ3n) is 7.75. The minimum atomic E-state index is -0.662. The Labute approximate surface area is 243 Å². The number of carbonyl (C=O) groups is 2. The average Bonchev–Trinajstić information content (AvgIpc) is 3.17. The standard InChI is InChI=1S/C35H42N2O4/c1-9-40-34(39)24(4)41-29-17-10-25(11-18-29)20-31-23(3)37(8)32-21-27(14-19-30(31)32)33(38)36-22(2)26-12-15-28(16-13-26)35(5,6)7/h10-19,21-22,24H,9,20H2,1-8H3,(H,36,38)/t22-,24?/m0/s1. The van der Waals surface area contributed by atoms with Crippen molar-refractivity contribution in [3.63, 3.8) is 0 Å². The molecule has 0 radical (unpaired) electrons. The number of nitrogens with zero attached hydrogens (tertiary/aromatic N) is 1. The Balaban J connectivity index is 1.48. The van der Waals surface area contributed by atoms with Gasteiger partial charge in [0, 0.05) is 29.2 Å². The molecule has 4 aromatic rings. The first-order valence-electron chi connectivity index (χ1n) is 14.3. The van der Waals surface area contributed by atoms with Crippen LogP contribution in [0.1, 0.15) is 85.9 Å². The number of nitrogens with one attached hydrogen (secondary N) is 1. The number of aryl methyl sites for hydroxylation is 1. The Morgan fingerprint density at radius 3 is 2.22 bits per heavy atom. The molecule has 216 valence electrons. The number of carbonyl (C=O) groups excluding carboxylic acids is 2. The molecule has 2 atom stereocenters. The predicted octanol–water partition coefficient (Wildman–Crippen LogP) is 7.20. The Kier molecular flexibility index (Phi) is 8.91. The number of amides is 1. The molecule has 0 aliphatic carbocycles. The molecule has 3 aromatic carbocycles. The first-order valence-corrected chi connectivity index (χ1v) is 14.3. The Morgan fingerprint density at radius 2 is 1.61 bits per heavy atom. The van der Waals surface area contributed by atoms with Gasteiger partial charge in [0.2, 0.25) is 0 Å². The van der Waals surface area contributed by atoms with E-state index in [2.05, 4.69) is 61.8 Å². The summed E-state index contributed by atoms with van der Waals surface area (Å²) in [6, 6.07) is 22.1. The van der Waals surface area contributed by atoms with Crippen LogP contribution in [0.25, 0.3) is 10.9 Å². The van der Waals surface area contributed by atoms with Crippen molar-refractivity contribution in [2.45, 2.75) is 72.4 Å². The lowest BCUT2D eigenvalue weighted by atomic mass is 9.86. The number of ether oxygens (including phenoxy) is 2. The maximum atomic E-state index is 13.2. The highest BCUT2D eigenvalue weighted by atomic mass is 16.6. The molecule has 41 heavy (non-hydrogen) atoms. The molecule has 4 rings (SSSR count). The molecule has 0 spiro atoms. The van der Waals surface area contributed by atoms with Crippen LogP contribution in [-0.4, -0.2) is 29.2 Å². The van der Waals surface area contributed by atoms with E-state index in [1.807, 2.05) is 56.4 Å². The molecule has 1 N–H and O–H groups in total. The van der Waals surface area contributed by atoms with Gasteiger partial charge in [-0.25, -0.2) is 4.79 Å². The van der Waals surface area contributed by atoms with Crippen LogP contribution in [-0.2, 0) is 28.4 Å². The summed E-state index contributed by atoms with van der Waals surface area (Å²) in [5.74, 6) is 0.159. The van der Waals surface area contributed by atoms with Gasteiger partial charge in [-0.15, -0.1) is 0 Å². The second-order valence-corrected chi connectivity index (χ2v) is 11.8. The molecule has 1 aromatic heterocycles. The lowest BCUT2D eigenvalue weighted by Gasteiger charge is -2.20. The average molecular weight is 555 g/mol. The van der Waals surface area contributed by atoms with Crippen molar-refractivity contribution in [3.8, 4) is 5.75 Å². The number of rotatable bonds is 9. The van der Waals surface area contributed by atoms with Crippen LogP contribution in [0.3, 0.4) is 0 Å². The van der Waals surface area contributed by atoms with Crippen LogP contribution in [0.15, 0.2) is 66.7 Å². The number of hydrogen-bond acceptors (Lipinski definition) is 4. The van der Waals surface area contributed by atoms with E-state index < -0.39 is 6.10 Å². The molecule has 0 aliphatic heterocycles. The van der Waals surface area contributed by atoms with Crippen LogP contribution in [0.2, 0.25) is 0 Å². The first kappa shape index (κ1) is 29.9. The van der Waals surface area contributed by atoms with Crippen molar-refractivity contribution in [2.75, 3.05) is 6.61 Å². The smallest absolute Gasteiger partial charge is 0.347 e. The van der Waals surface area contributed by atoms with E-state index in [4.69, 9.17) is 9.47 Å². The van der Waals surface area contributed by atoms with Crippen molar-refractivity contribution < 1.29 is 19.1 Å². The van der Waals surface area contributed by atoms with Gasteiger partial charge < -0.3 is 19.4 Å². The van der Waals surface area contributed by atoms with Crippen LogP contribution in [0.4, 0.5) is 0 Å². The van der Waals surface area contributed by atoms with Gasteiger partial charge in [0.15, 0.2) is 6.10 Å². The molecule has 1 heterocycles. The summed E-state index contributed by atoms with van der Waals surface area (Å²) < 4.78 is 12.9. The summed E-state index contributed by atoms with van der Waals surface area (Å²) in [6.45, 7) is 14.5. The van der Waals surface area contributed by atoms with Gasteiger partial charge >= 0.3 is 5.97 Å². The van der Waals surface area contributed by atoms with Gasteiger partial charge in [-0.2, -0.15) is 0 Å². The highest BCUT2D eigenvalue weighted by Gasteiger charge is 2.19. The van der Waals surface area contributed by atoms with E-state index in [1.165, 1.54) is 11.1 Å². The van der Waals surface area contributed by atoms with E-state index in [1.54, 1.807) is 13.8 Å². The summed E-state index contributed by atoms with van der Waals surface area (Å²) in [4.78, 5) is 25.1. The number of esters is 1. The molecular formula is C35H42N2O4. The van der Waals surface area contributed by atoms with Gasteiger partial charge in [-0.05, 0) is 86.1 Å². The van der Waals surface area contributed by atoms with Gasteiger partial charge in [0.1, 0.15) is 5.75 Å². The lowest BCUT2D eigenvalue weighted by Crippen LogP contribution is -2.26. The molecule has 0 saturated carbocycles. The minimum absolute atomic E-state index is 0.0904. The van der Waals surface area contributed by atoms with E-state index >= 15 is 0 Å². The quantitative estimate of drug-likeness (QED) is 0.222. The summed E-state index contributed by atoms with van der Waals surface area (Å²) >= 11 is 0. The Bertz CT molecular complexity index is 1530. The summed E-state index contributed by atoms with van der Waals surface area (Å²) in [5, 5.41) is 4.29. The van der Waals surface area contributed by atoms with E-state index in [-0.39, 0.29) is 23.3 Å². The third-order valence-corrected chi connectivity index (χ3v) is 7.75. The van der Waals surface area contributed by atoms with Gasteiger partial charge in [-0.3, -0.25) is 4.79 Å². The monoisotopic (exact) mass is 554 g/mol. The second kappa shape index (κ2) is 12.2. The van der Waals surface area contributed by atoms with Crippen LogP contribution >= 0.6 is 0 Å². The third kappa shape index (κ3) is 6.82. The normalized spacial score (nSPS) is 13.1. The van der Waals surface area contributed by atoms with Crippen molar-refractivity contribution in [3.05, 3.63) is 100 Å². The fraction of sp³-hybridized carbons (Fsp3) is 0.371.